The Bertz CT molecular complexity index is 794. The normalized spacial score (nSPS) is 16.4. The Morgan fingerprint density at radius 3 is 2.60 bits per heavy atom. The maximum Gasteiger partial charge on any atom is 0.262 e. The molecule has 4 nitrogen and oxygen atoms in total. The molecule has 2 aromatic carbocycles. The average Bonchev–Trinajstić information content (AvgIpc) is 2.61. The van der Waals surface area contributed by atoms with Crippen molar-refractivity contribution in [1.82, 2.24) is 0 Å². The summed E-state index contributed by atoms with van der Waals surface area (Å²) in [5.41, 5.74) is 1.39. The van der Waals surface area contributed by atoms with Gasteiger partial charge in [-0.25, -0.2) is 8.42 Å². The van der Waals surface area contributed by atoms with Crippen LogP contribution in [0.15, 0.2) is 35.2 Å². The zero-order valence-electron chi connectivity index (χ0n) is 11.7. The summed E-state index contributed by atoms with van der Waals surface area (Å²) in [7, 11) is -5.16. The van der Waals surface area contributed by atoms with E-state index in [9.17, 15) is 8.42 Å². The standard InChI is InChI=1S/C14H17NO3SSi/c1-20(2,3)18-9-11-8-7-10-5-4-6-12-13(10)14(11)19(16,17)15-12/h4-8,15H,9H2,1-3H3. The Morgan fingerprint density at radius 2 is 1.90 bits per heavy atom. The van der Waals surface area contributed by atoms with Crippen LogP contribution in [0.3, 0.4) is 0 Å². The molecule has 0 radical (unpaired) electrons. The average molecular weight is 307 g/mol. The van der Waals surface area contributed by atoms with Crippen LogP contribution in [0.5, 0.6) is 0 Å². The molecule has 0 fully saturated rings. The SMILES string of the molecule is C[Si](C)(C)OCc1ccc2cccc3c2c1S(=O)(=O)N3. The van der Waals surface area contributed by atoms with Gasteiger partial charge in [-0.2, -0.15) is 0 Å². The van der Waals surface area contributed by atoms with E-state index >= 15 is 0 Å². The summed E-state index contributed by atoms with van der Waals surface area (Å²) in [6.45, 7) is 6.61. The Kier molecular flexibility index (Phi) is 2.93. The van der Waals surface area contributed by atoms with Crippen LogP contribution in [0.4, 0.5) is 5.69 Å². The molecule has 3 rings (SSSR count). The van der Waals surface area contributed by atoms with Gasteiger partial charge in [-0.05, 0) is 36.7 Å². The van der Waals surface area contributed by atoms with Crippen LogP contribution < -0.4 is 4.72 Å². The lowest BCUT2D eigenvalue weighted by molar-refractivity contribution is 0.296. The number of benzene rings is 2. The molecule has 0 spiro atoms. The fourth-order valence-corrected chi connectivity index (χ4v) is 4.50. The molecule has 1 heterocycles. The molecule has 0 bridgehead atoms. The van der Waals surface area contributed by atoms with Gasteiger partial charge in [-0.15, -0.1) is 0 Å². The quantitative estimate of drug-likeness (QED) is 0.885. The van der Waals surface area contributed by atoms with Crippen molar-refractivity contribution < 1.29 is 12.8 Å². The molecule has 0 aliphatic carbocycles. The Hall–Kier alpha value is -1.37. The molecule has 0 atom stereocenters. The van der Waals surface area contributed by atoms with E-state index in [0.29, 0.717) is 17.2 Å². The van der Waals surface area contributed by atoms with Crippen LogP contribution in [0, 0.1) is 0 Å². The molecule has 20 heavy (non-hydrogen) atoms. The smallest absolute Gasteiger partial charge is 0.262 e. The molecule has 1 aliphatic rings. The Morgan fingerprint density at radius 1 is 1.15 bits per heavy atom. The highest BCUT2D eigenvalue weighted by Crippen LogP contribution is 2.39. The first-order valence-electron chi connectivity index (χ1n) is 6.49. The van der Waals surface area contributed by atoms with E-state index in [2.05, 4.69) is 24.4 Å². The first-order valence-corrected chi connectivity index (χ1v) is 11.4. The van der Waals surface area contributed by atoms with Gasteiger partial charge in [0, 0.05) is 5.39 Å². The first kappa shape index (κ1) is 13.6. The lowest BCUT2D eigenvalue weighted by Crippen LogP contribution is -2.25. The number of hydrogen-bond acceptors (Lipinski definition) is 3. The summed E-state index contributed by atoms with van der Waals surface area (Å²) in [5, 5.41) is 1.71. The number of rotatable bonds is 3. The minimum absolute atomic E-state index is 0.343. The first-order chi connectivity index (χ1) is 9.28. The monoisotopic (exact) mass is 307 g/mol. The van der Waals surface area contributed by atoms with E-state index in [1.807, 2.05) is 24.3 Å². The molecule has 0 saturated carbocycles. The van der Waals surface area contributed by atoms with Crippen LogP contribution in [-0.4, -0.2) is 16.7 Å². The molecule has 0 saturated heterocycles. The van der Waals surface area contributed by atoms with E-state index < -0.39 is 18.3 Å². The van der Waals surface area contributed by atoms with Crippen molar-refractivity contribution in [2.75, 3.05) is 4.72 Å². The molecule has 0 unspecified atom stereocenters. The molecule has 1 aliphatic heterocycles. The maximum atomic E-state index is 12.3. The molecule has 0 amide bonds. The molecule has 1 N–H and O–H groups in total. The number of sulfonamides is 1. The lowest BCUT2D eigenvalue weighted by atomic mass is 10.1. The Labute approximate surface area is 119 Å². The summed E-state index contributed by atoms with van der Waals surface area (Å²) in [6.07, 6.45) is 0. The third-order valence-corrected chi connectivity index (χ3v) is 5.76. The van der Waals surface area contributed by atoms with Crippen molar-refractivity contribution in [3.05, 3.63) is 35.9 Å². The highest BCUT2D eigenvalue weighted by Gasteiger charge is 2.30. The zero-order valence-corrected chi connectivity index (χ0v) is 13.5. The minimum atomic E-state index is -3.47. The summed E-state index contributed by atoms with van der Waals surface area (Å²) < 4.78 is 33.1. The van der Waals surface area contributed by atoms with Crippen molar-refractivity contribution >= 4 is 34.8 Å². The maximum absolute atomic E-state index is 12.3. The van der Waals surface area contributed by atoms with E-state index in [1.54, 1.807) is 6.07 Å². The predicted molar refractivity (Wildman–Crippen MR) is 82.9 cm³/mol. The number of anilines is 1. The molecular formula is C14H17NO3SSi. The summed E-state index contributed by atoms with van der Waals surface area (Å²) in [4.78, 5) is 0.379. The van der Waals surface area contributed by atoms with Gasteiger partial charge in [-0.3, -0.25) is 4.72 Å². The van der Waals surface area contributed by atoms with Crippen molar-refractivity contribution in [3.63, 3.8) is 0 Å². The lowest BCUT2D eigenvalue weighted by Gasteiger charge is -2.18. The topological polar surface area (TPSA) is 55.4 Å². The second kappa shape index (κ2) is 4.31. The van der Waals surface area contributed by atoms with Gasteiger partial charge >= 0.3 is 0 Å². The molecule has 6 heteroatoms. The zero-order chi connectivity index (χ0) is 14.5. The molecule has 0 aromatic heterocycles. The highest BCUT2D eigenvalue weighted by atomic mass is 32.2. The van der Waals surface area contributed by atoms with Crippen molar-refractivity contribution in [1.29, 1.82) is 0 Å². The summed E-state index contributed by atoms with van der Waals surface area (Å²) in [5.74, 6) is 0. The van der Waals surface area contributed by atoms with Gasteiger partial charge in [0.15, 0.2) is 8.32 Å². The second-order valence-corrected chi connectivity index (χ2v) is 12.1. The van der Waals surface area contributed by atoms with E-state index in [0.717, 1.165) is 16.3 Å². The summed E-state index contributed by atoms with van der Waals surface area (Å²) in [6, 6.07) is 9.38. The Balaban J connectivity index is 2.18. The van der Waals surface area contributed by atoms with E-state index in [1.165, 1.54) is 0 Å². The molecular weight excluding hydrogens is 290 g/mol. The molecule has 106 valence electrons. The van der Waals surface area contributed by atoms with Gasteiger partial charge in [0.25, 0.3) is 10.0 Å². The van der Waals surface area contributed by atoms with Crippen molar-refractivity contribution in [2.24, 2.45) is 0 Å². The van der Waals surface area contributed by atoms with Crippen LogP contribution in [-0.2, 0) is 21.1 Å². The number of hydrogen-bond donors (Lipinski definition) is 1. The van der Waals surface area contributed by atoms with Crippen molar-refractivity contribution in [2.45, 2.75) is 31.1 Å². The van der Waals surface area contributed by atoms with Crippen molar-refractivity contribution in [3.8, 4) is 0 Å². The predicted octanol–water partition coefficient (Wildman–Crippen LogP) is 3.31. The fourth-order valence-electron chi connectivity index (χ4n) is 2.38. The highest BCUT2D eigenvalue weighted by molar-refractivity contribution is 7.93. The van der Waals surface area contributed by atoms with Gasteiger partial charge in [0.05, 0.1) is 12.3 Å². The van der Waals surface area contributed by atoms with Gasteiger partial charge < -0.3 is 4.43 Å². The van der Waals surface area contributed by atoms with Gasteiger partial charge in [0.2, 0.25) is 0 Å². The second-order valence-electron chi connectivity index (χ2n) is 5.96. The summed E-state index contributed by atoms with van der Waals surface area (Å²) >= 11 is 0. The van der Waals surface area contributed by atoms with Crippen LogP contribution in [0.25, 0.3) is 10.8 Å². The van der Waals surface area contributed by atoms with E-state index in [4.69, 9.17) is 4.43 Å². The largest absolute Gasteiger partial charge is 0.413 e. The van der Waals surface area contributed by atoms with Gasteiger partial charge in [0.1, 0.15) is 4.90 Å². The third kappa shape index (κ3) is 2.23. The third-order valence-electron chi connectivity index (χ3n) is 3.25. The fraction of sp³-hybridized carbons (Fsp3) is 0.286. The van der Waals surface area contributed by atoms with Crippen LogP contribution >= 0.6 is 0 Å². The van der Waals surface area contributed by atoms with Crippen LogP contribution in [0.1, 0.15) is 5.56 Å². The minimum Gasteiger partial charge on any atom is -0.413 e. The van der Waals surface area contributed by atoms with Crippen LogP contribution in [0.2, 0.25) is 19.6 Å². The van der Waals surface area contributed by atoms with E-state index in [-0.39, 0.29) is 0 Å². The van der Waals surface area contributed by atoms with Gasteiger partial charge in [-0.1, -0.05) is 24.3 Å². The number of nitrogens with one attached hydrogen (secondary N) is 1. The molecule has 2 aromatic rings.